The van der Waals surface area contributed by atoms with Crippen LogP contribution >= 0.6 is 0 Å². The van der Waals surface area contributed by atoms with Crippen LogP contribution < -0.4 is 10.0 Å². The highest BCUT2D eigenvalue weighted by molar-refractivity contribution is 7.89. The van der Waals surface area contributed by atoms with Gasteiger partial charge in [0.2, 0.25) is 15.9 Å². The van der Waals surface area contributed by atoms with Crippen LogP contribution in [0.4, 0.5) is 14.5 Å². The minimum atomic E-state index is -4.09. The van der Waals surface area contributed by atoms with E-state index in [9.17, 15) is 22.0 Å². The van der Waals surface area contributed by atoms with Crippen molar-refractivity contribution in [3.8, 4) is 0 Å². The molecule has 0 bridgehead atoms. The Labute approximate surface area is 145 Å². The first-order valence-corrected chi connectivity index (χ1v) is 9.07. The van der Waals surface area contributed by atoms with Crippen molar-refractivity contribution in [3.05, 3.63) is 59.7 Å². The number of nitrogens with one attached hydrogen (secondary N) is 2. The number of amides is 1. The Morgan fingerprint density at radius 2 is 1.76 bits per heavy atom. The summed E-state index contributed by atoms with van der Waals surface area (Å²) in [5.74, 6) is -2.27. The smallest absolute Gasteiger partial charge is 0.243 e. The predicted molar refractivity (Wildman–Crippen MR) is 90.6 cm³/mol. The van der Waals surface area contributed by atoms with Crippen molar-refractivity contribution < 1.29 is 22.0 Å². The molecular formula is C17H18F2N2O3S. The first kappa shape index (κ1) is 19.0. The Kier molecular flexibility index (Phi) is 6.22. The number of halogens is 2. The van der Waals surface area contributed by atoms with Gasteiger partial charge in [-0.3, -0.25) is 4.79 Å². The van der Waals surface area contributed by atoms with Crippen LogP contribution in [0.15, 0.2) is 47.4 Å². The minimum absolute atomic E-state index is 0.0412. The summed E-state index contributed by atoms with van der Waals surface area (Å²) in [4.78, 5) is 11.2. The second-order valence-corrected chi connectivity index (χ2v) is 7.23. The van der Waals surface area contributed by atoms with E-state index in [0.717, 1.165) is 17.7 Å². The molecule has 0 spiro atoms. The maximum Gasteiger partial charge on any atom is 0.243 e. The molecule has 2 aromatic rings. The van der Waals surface area contributed by atoms with Gasteiger partial charge in [-0.1, -0.05) is 17.7 Å². The van der Waals surface area contributed by atoms with Crippen molar-refractivity contribution in [2.24, 2.45) is 0 Å². The van der Waals surface area contributed by atoms with Crippen molar-refractivity contribution >= 4 is 21.6 Å². The van der Waals surface area contributed by atoms with E-state index in [1.807, 2.05) is 19.1 Å². The highest BCUT2D eigenvalue weighted by atomic mass is 32.2. The molecule has 0 saturated heterocycles. The summed E-state index contributed by atoms with van der Waals surface area (Å²) in [5, 5.41) is 2.70. The van der Waals surface area contributed by atoms with E-state index >= 15 is 0 Å². The summed E-state index contributed by atoms with van der Waals surface area (Å²) in [5.41, 5.74) is 1.73. The number of sulfonamides is 1. The number of carbonyl (C=O) groups excluding carboxylic acids is 1. The molecule has 0 heterocycles. The van der Waals surface area contributed by atoms with Gasteiger partial charge in [0.05, 0.1) is 0 Å². The van der Waals surface area contributed by atoms with Crippen LogP contribution in [-0.4, -0.2) is 20.9 Å². The van der Waals surface area contributed by atoms with E-state index in [1.165, 1.54) is 0 Å². The van der Waals surface area contributed by atoms with E-state index in [0.29, 0.717) is 11.8 Å². The highest BCUT2D eigenvalue weighted by Crippen LogP contribution is 2.15. The zero-order chi connectivity index (χ0) is 18.4. The molecule has 1 amide bonds. The summed E-state index contributed by atoms with van der Waals surface area (Å²) >= 11 is 0. The maximum absolute atomic E-state index is 13.5. The Morgan fingerprint density at radius 3 is 2.40 bits per heavy atom. The maximum atomic E-state index is 13.5. The van der Waals surface area contributed by atoms with Crippen LogP contribution in [0.1, 0.15) is 18.4 Å². The molecule has 0 saturated carbocycles. The summed E-state index contributed by atoms with van der Waals surface area (Å²) in [7, 11) is -4.09. The van der Waals surface area contributed by atoms with Gasteiger partial charge in [0, 0.05) is 24.7 Å². The lowest BCUT2D eigenvalue weighted by Crippen LogP contribution is -2.26. The summed E-state index contributed by atoms with van der Waals surface area (Å²) in [6.07, 6.45) is 0.335. The fourth-order valence-corrected chi connectivity index (χ4v) is 3.22. The lowest BCUT2D eigenvalue weighted by Gasteiger charge is -2.08. The van der Waals surface area contributed by atoms with E-state index in [2.05, 4.69) is 10.0 Å². The van der Waals surface area contributed by atoms with Gasteiger partial charge in [0.25, 0.3) is 0 Å². The van der Waals surface area contributed by atoms with Crippen LogP contribution in [-0.2, 0) is 14.8 Å². The number of rotatable bonds is 7. The fourth-order valence-electron chi connectivity index (χ4n) is 2.09. The molecule has 0 aliphatic heterocycles. The second kappa shape index (κ2) is 8.17. The number of anilines is 1. The van der Waals surface area contributed by atoms with E-state index in [4.69, 9.17) is 0 Å². The first-order chi connectivity index (χ1) is 11.8. The Balaban J connectivity index is 1.81. The molecule has 25 heavy (non-hydrogen) atoms. The van der Waals surface area contributed by atoms with E-state index < -0.39 is 26.6 Å². The number of aryl methyl sites for hydroxylation is 1. The van der Waals surface area contributed by atoms with Crippen LogP contribution in [0.25, 0.3) is 0 Å². The van der Waals surface area contributed by atoms with Crippen molar-refractivity contribution in [3.63, 3.8) is 0 Å². The minimum Gasteiger partial charge on any atom is -0.326 e. The van der Waals surface area contributed by atoms with Gasteiger partial charge in [-0.05, 0) is 37.6 Å². The molecule has 0 aromatic heterocycles. The van der Waals surface area contributed by atoms with Crippen LogP contribution in [0.2, 0.25) is 0 Å². The van der Waals surface area contributed by atoms with Gasteiger partial charge in [0.15, 0.2) is 0 Å². The van der Waals surface area contributed by atoms with Gasteiger partial charge in [-0.2, -0.15) is 0 Å². The van der Waals surface area contributed by atoms with Gasteiger partial charge in [-0.15, -0.1) is 0 Å². The van der Waals surface area contributed by atoms with Crippen molar-refractivity contribution in [1.29, 1.82) is 0 Å². The third-order valence-corrected chi connectivity index (χ3v) is 4.89. The average molecular weight is 368 g/mol. The third-order valence-electron chi connectivity index (χ3n) is 3.39. The van der Waals surface area contributed by atoms with Crippen molar-refractivity contribution in [2.75, 3.05) is 11.9 Å². The molecule has 0 aliphatic carbocycles. The lowest BCUT2D eigenvalue weighted by atomic mass is 10.2. The van der Waals surface area contributed by atoms with Crippen molar-refractivity contribution in [2.45, 2.75) is 24.7 Å². The van der Waals surface area contributed by atoms with Gasteiger partial charge >= 0.3 is 0 Å². The molecule has 8 heteroatoms. The van der Waals surface area contributed by atoms with Crippen LogP contribution in [0.3, 0.4) is 0 Å². The van der Waals surface area contributed by atoms with Gasteiger partial charge in [-0.25, -0.2) is 21.9 Å². The fraction of sp³-hybridized carbons (Fsp3) is 0.235. The molecule has 0 radical (unpaired) electrons. The average Bonchev–Trinajstić information content (AvgIpc) is 2.53. The molecule has 134 valence electrons. The van der Waals surface area contributed by atoms with Gasteiger partial charge < -0.3 is 5.32 Å². The van der Waals surface area contributed by atoms with E-state index in [-0.39, 0.29) is 25.3 Å². The van der Waals surface area contributed by atoms with E-state index in [1.54, 1.807) is 12.1 Å². The Morgan fingerprint density at radius 1 is 1.08 bits per heavy atom. The molecule has 0 atom stereocenters. The third kappa shape index (κ3) is 5.61. The lowest BCUT2D eigenvalue weighted by molar-refractivity contribution is -0.116. The molecule has 0 unspecified atom stereocenters. The standard InChI is InChI=1S/C17H18F2N2O3S/c1-12-4-7-14(8-5-12)21-17(22)3-2-10-20-25(23,24)16-9-6-13(18)11-15(16)19/h4-9,11,20H,2-3,10H2,1H3,(H,21,22). The van der Waals surface area contributed by atoms with Gasteiger partial charge in [0.1, 0.15) is 16.5 Å². The second-order valence-electron chi connectivity index (χ2n) is 5.49. The predicted octanol–water partition coefficient (Wildman–Crippen LogP) is 2.97. The van der Waals surface area contributed by atoms with Crippen LogP contribution in [0, 0.1) is 18.6 Å². The summed E-state index contributed by atoms with van der Waals surface area (Å²) in [6.45, 7) is 1.89. The van der Waals surface area contributed by atoms with Crippen molar-refractivity contribution in [1.82, 2.24) is 4.72 Å². The highest BCUT2D eigenvalue weighted by Gasteiger charge is 2.19. The molecule has 0 aliphatic rings. The summed E-state index contributed by atoms with van der Waals surface area (Å²) < 4.78 is 52.5. The summed E-state index contributed by atoms with van der Waals surface area (Å²) in [6, 6.07) is 9.50. The molecular weight excluding hydrogens is 350 g/mol. The number of carbonyl (C=O) groups is 1. The largest absolute Gasteiger partial charge is 0.326 e. The molecule has 0 fully saturated rings. The topological polar surface area (TPSA) is 75.3 Å². The first-order valence-electron chi connectivity index (χ1n) is 7.59. The zero-order valence-electron chi connectivity index (χ0n) is 13.6. The monoisotopic (exact) mass is 368 g/mol. The number of hydrogen-bond acceptors (Lipinski definition) is 3. The zero-order valence-corrected chi connectivity index (χ0v) is 14.4. The normalized spacial score (nSPS) is 11.3. The number of hydrogen-bond donors (Lipinski definition) is 2. The molecule has 2 N–H and O–H groups in total. The molecule has 5 nitrogen and oxygen atoms in total. The number of benzene rings is 2. The molecule has 2 rings (SSSR count). The Hall–Kier alpha value is -2.32. The molecule has 2 aromatic carbocycles. The SMILES string of the molecule is Cc1ccc(NC(=O)CCCNS(=O)(=O)c2ccc(F)cc2F)cc1. The van der Waals surface area contributed by atoms with Crippen LogP contribution in [0.5, 0.6) is 0 Å². The Bertz CT molecular complexity index is 853. The quantitative estimate of drug-likeness (QED) is 0.738.